The van der Waals surface area contributed by atoms with Crippen molar-refractivity contribution < 1.29 is 14.3 Å². The number of benzene rings is 2. The van der Waals surface area contributed by atoms with E-state index in [1.165, 1.54) is 0 Å². The average Bonchev–Trinajstić information content (AvgIpc) is 3.15. The van der Waals surface area contributed by atoms with Crippen LogP contribution >= 0.6 is 23.1 Å². The van der Waals surface area contributed by atoms with Crippen LogP contribution in [-0.2, 0) is 9.59 Å². The maximum atomic E-state index is 12.5. The molecule has 0 saturated heterocycles. The van der Waals surface area contributed by atoms with E-state index in [1.54, 1.807) is 23.1 Å². The number of nitrogens with one attached hydrogen (secondary N) is 2. The van der Waals surface area contributed by atoms with Gasteiger partial charge < -0.3 is 15.4 Å². The molecule has 2 aromatic carbocycles. The van der Waals surface area contributed by atoms with E-state index in [0.717, 1.165) is 31.7 Å². The van der Waals surface area contributed by atoms with E-state index < -0.39 is 0 Å². The van der Waals surface area contributed by atoms with Crippen LogP contribution in [-0.4, -0.2) is 29.2 Å². The first-order valence-corrected chi connectivity index (χ1v) is 11.7. The van der Waals surface area contributed by atoms with Crippen molar-refractivity contribution in [1.82, 2.24) is 4.98 Å². The summed E-state index contributed by atoms with van der Waals surface area (Å²) in [4.78, 5) is 28.7. The number of carbonyl (C=O) groups is 2. The number of rotatable bonds is 9. The normalized spacial score (nSPS) is 11.8. The van der Waals surface area contributed by atoms with Crippen molar-refractivity contribution in [2.75, 3.05) is 23.0 Å². The smallest absolute Gasteiger partial charge is 0.228 e. The summed E-state index contributed by atoms with van der Waals surface area (Å²) >= 11 is 3.13. The largest absolute Gasteiger partial charge is 0.494 e. The standard InChI is InChI=1S/C22H25N3O3S2/c1-4-20(26)23-16-8-11-18-19(12-16)30-22(25-18)29-13-14(3)21(27)24-15-6-9-17(10-7-15)28-5-2/h6-12,14H,4-5,13H2,1-3H3,(H,23,26)(H,24,27)/t14-/m0/s1. The van der Waals surface area contributed by atoms with E-state index in [9.17, 15) is 9.59 Å². The summed E-state index contributed by atoms with van der Waals surface area (Å²) in [6.45, 7) is 6.27. The van der Waals surface area contributed by atoms with Gasteiger partial charge in [-0.1, -0.05) is 25.6 Å². The summed E-state index contributed by atoms with van der Waals surface area (Å²) in [6, 6.07) is 13.1. The van der Waals surface area contributed by atoms with Crippen molar-refractivity contribution in [3.05, 3.63) is 42.5 Å². The van der Waals surface area contributed by atoms with Gasteiger partial charge in [-0.05, 0) is 49.4 Å². The van der Waals surface area contributed by atoms with Crippen molar-refractivity contribution in [2.45, 2.75) is 31.5 Å². The fraction of sp³-hybridized carbons (Fsp3) is 0.318. The SMILES string of the molecule is CCOc1ccc(NC(=O)[C@@H](C)CSc2nc3ccc(NC(=O)CC)cc3s2)cc1. The van der Waals surface area contributed by atoms with Crippen LogP contribution < -0.4 is 15.4 Å². The van der Waals surface area contributed by atoms with Crippen LogP contribution in [0.5, 0.6) is 5.75 Å². The third-order valence-corrected chi connectivity index (χ3v) is 6.73. The number of fused-ring (bicyclic) bond motifs is 1. The van der Waals surface area contributed by atoms with E-state index in [2.05, 4.69) is 15.6 Å². The van der Waals surface area contributed by atoms with Gasteiger partial charge in [-0.2, -0.15) is 0 Å². The number of anilines is 2. The zero-order valence-electron chi connectivity index (χ0n) is 17.2. The van der Waals surface area contributed by atoms with Crippen LogP contribution in [0.15, 0.2) is 46.8 Å². The van der Waals surface area contributed by atoms with Crippen LogP contribution in [0.3, 0.4) is 0 Å². The van der Waals surface area contributed by atoms with Gasteiger partial charge >= 0.3 is 0 Å². The van der Waals surface area contributed by atoms with Crippen LogP contribution in [0, 0.1) is 5.92 Å². The molecule has 1 aromatic heterocycles. The number of hydrogen-bond donors (Lipinski definition) is 2. The Kier molecular flexibility index (Phi) is 7.70. The highest BCUT2D eigenvalue weighted by atomic mass is 32.2. The minimum absolute atomic E-state index is 0.0131. The average molecular weight is 444 g/mol. The second-order valence-corrected chi connectivity index (χ2v) is 9.02. The fourth-order valence-corrected chi connectivity index (χ4v) is 4.78. The molecule has 158 valence electrons. The lowest BCUT2D eigenvalue weighted by molar-refractivity contribution is -0.119. The Morgan fingerprint density at radius 1 is 1.10 bits per heavy atom. The minimum Gasteiger partial charge on any atom is -0.494 e. The van der Waals surface area contributed by atoms with Crippen LogP contribution in [0.4, 0.5) is 11.4 Å². The molecule has 8 heteroatoms. The van der Waals surface area contributed by atoms with Gasteiger partial charge in [0.15, 0.2) is 4.34 Å². The van der Waals surface area contributed by atoms with Gasteiger partial charge in [-0.25, -0.2) is 4.98 Å². The summed E-state index contributed by atoms with van der Waals surface area (Å²) in [5, 5.41) is 5.80. The second-order valence-electron chi connectivity index (χ2n) is 6.72. The Balaban J connectivity index is 1.55. The van der Waals surface area contributed by atoms with Crippen molar-refractivity contribution in [3.63, 3.8) is 0 Å². The van der Waals surface area contributed by atoms with Gasteiger partial charge in [0.1, 0.15) is 5.75 Å². The van der Waals surface area contributed by atoms with Gasteiger partial charge in [0.2, 0.25) is 11.8 Å². The first-order chi connectivity index (χ1) is 14.5. The zero-order chi connectivity index (χ0) is 21.5. The molecule has 0 aliphatic heterocycles. The van der Waals surface area contributed by atoms with Gasteiger partial charge in [0, 0.05) is 29.5 Å². The van der Waals surface area contributed by atoms with Crippen LogP contribution in [0.1, 0.15) is 27.2 Å². The molecule has 1 heterocycles. The van der Waals surface area contributed by atoms with Gasteiger partial charge in [0.05, 0.1) is 16.8 Å². The third-order valence-electron chi connectivity index (χ3n) is 4.31. The molecule has 0 spiro atoms. The molecule has 0 radical (unpaired) electrons. The van der Waals surface area contributed by atoms with Crippen molar-refractivity contribution >= 4 is 56.5 Å². The van der Waals surface area contributed by atoms with E-state index >= 15 is 0 Å². The zero-order valence-corrected chi connectivity index (χ0v) is 18.9. The van der Waals surface area contributed by atoms with Crippen molar-refractivity contribution in [1.29, 1.82) is 0 Å². The molecule has 3 rings (SSSR count). The molecule has 0 aliphatic carbocycles. The first kappa shape index (κ1) is 22.1. The molecule has 0 bridgehead atoms. The minimum atomic E-state index is -0.173. The van der Waals surface area contributed by atoms with Gasteiger partial charge in [-0.15, -0.1) is 11.3 Å². The molecule has 30 heavy (non-hydrogen) atoms. The molecule has 0 saturated carbocycles. The quantitative estimate of drug-likeness (QED) is 0.432. The monoisotopic (exact) mass is 443 g/mol. The topological polar surface area (TPSA) is 80.3 Å². The summed E-state index contributed by atoms with van der Waals surface area (Å²) < 4.78 is 7.33. The summed E-state index contributed by atoms with van der Waals surface area (Å²) in [5.41, 5.74) is 2.42. The molecular weight excluding hydrogens is 418 g/mol. The lowest BCUT2D eigenvalue weighted by atomic mass is 10.2. The number of nitrogens with zero attached hydrogens (tertiary/aromatic N) is 1. The van der Waals surface area contributed by atoms with Gasteiger partial charge in [-0.3, -0.25) is 9.59 Å². The first-order valence-electron chi connectivity index (χ1n) is 9.85. The number of thiazole rings is 1. The number of carbonyl (C=O) groups excluding carboxylic acids is 2. The molecule has 0 unspecified atom stereocenters. The molecule has 3 aromatic rings. The van der Waals surface area contributed by atoms with E-state index in [4.69, 9.17) is 4.74 Å². The third kappa shape index (κ3) is 5.96. The molecule has 0 fully saturated rings. The van der Waals surface area contributed by atoms with Crippen molar-refractivity contribution in [3.8, 4) is 5.75 Å². The molecule has 2 amide bonds. The van der Waals surface area contributed by atoms with Gasteiger partial charge in [0.25, 0.3) is 0 Å². The molecular formula is C22H25N3O3S2. The number of thioether (sulfide) groups is 1. The van der Waals surface area contributed by atoms with E-state index in [-0.39, 0.29) is 17.7 Å². The fourth-order valence-electron chi connectivity index (χ4n) is 2.63. The Bertz CT molecular complexity index is 1020. The Labute approximate surface area is 184 Å². The lowest BCUT2D eigenvalue weighted by Gasteiger charge is -2.11. The summed E-state index contributed by atoms with van der Waals surface area (Å²) in [7, 11) is 0. The number of aromatic nitrogens is 1. The highest BCUT2D eigenvalue weighted by molar-refractivity contribution is 8.01. The summed E-state index contributed by atoms with van der Waals surface area (Å²) in [6.07, 6.45) is 0.443. The predicted octanol–water partition coefficient (Wildman–Crippen LogP) is 5.41. The molecule has 2 N–H and O–H groups in total. The molecule has 1 atom stereocenters. The molecule has 6 nitrogen and oxygen atoms in total. The number of hydrogen-bond acceptors (Lipinski definition) is 6. The van der Waals surface area contributed by atoms with E-state index in [0.29, 0.717) is 18.8 Å². The Morgan fingerprint density at radius 2 is 1.83 bits per heavy atom. The number of amides is 2. The second kappa shape index (κ2) is 10.4. The Hall–Kier alpha value is -2.58. The predicted molar refractivity (Wildman–Crippen MR) is 125 cm³/mol. The number of ether oxygens (including phenoxy) is 1. The molecule has 0 aliphatic rings. The van der Waals surface area contributed by atoms with Crippen molar-refractivity contribution in [2.24, 2.45) is 5.92 Å². The highest BCUT2D eigenvalue weighted by Gasteiger charge is 2.15. The summed E-state index contributed by atoms with van der Waals surface area (Å²) in [5.74, 6) is 1.20. The Morgan fingerprint density at radius 3 is 2.53 bits per heavy atom. The maximum absolute atomic E-state index is 12.5. The lowest BCUT2D eigenvalue weighted by Crippen LogP contribution is -2.22. The van der Waals surface area contributed by atoms with Crippen LogP contribution in [0.2, 0.25) is 0 Å². The van der Waals surface area contributed by atoms with Crippen LogP contribution in [0.25, 0.3) is 10.2 Å². The maximum Gasteiger partial charge on any atom is 0.228 e. The van der Waals surface area contributed by atoms with E-state index in [1.807, 2.05) is 63.2 Å². The highest BCUT2D eigenvalue weighted by Crippen LogP contribution is 2.32.